The standard InChI is InChI=1S/C11H11NO4/c1-6(2)11(15)16-9-4-3-7(12)5-8(9)10(13)14/h3-5H,1,12H2,2H3,(H,13,14). The molecule has 16 heavy (non-hydrogen) atoms. The van der Waals surface area contributed by atoms with E-state index in [1.165, 1.54) is 25.1 Å². The predicted molar refractivity (Wildman–Crippen MR) is 58.3 cm³/mol. The van der Waals surface area contributed by atoms with E-state index in [1.54, 1.807) is 0 Å². The molecule has 0 fully saturated rings. The van der Waals surface area contributed by atoms with Gasteiger partial charge in [-0.25, -0.2) is 9.59 Å². The fourth-order valence-electron chi connectivity index (χ4n) is 0.991. The van der Waals surface area contributed by atoms with Crippen molar-refractivity contribution >= 4 is 17.6 Å². The molecule has 0 bridgehead atoms. The van der Waals surface area contributed by atoms with Gasteiger partial charge in [0.1, 0.15) is 11.3 Å². The first-order valence-corrected chi connectivity index (χ1v) is 4.42. The van der Waals surface area contributed by atoms with Crippen LogP contribution < -0.4 is 10.5 Å². The van der Waals surface area contributed by atoms with Crippen LogP contribution in [0.15, 0.2) is 30.4 Å². The van der Waals surface area contributed by atoms with Crippen molar-refractivity contribution < 1.29 is 19.4 Å². The summed E-state index contributed by atoms with van der Waals surface area (Å²) in [5, 5.41) is 8.87. The maximum atomic E-state index is 11.2. The van der Waals surface area contributed by atoms with E-state index in [0.29, 0.717) is 0 Å². The summed E-state index contributed by atoms with van der Waals surface area (Å²) in [5.74, 6) is -1.93. The Bertz CT molecular complexity index is 465. The monoisotopic (exact) mass is 221 g/mol. The predicted octanol–water partition coefficient (Wildman–Crippen LogP) is 1.45. The third-order valence-electron chi connectivity index (χ3n) is 1.79. The quantitative estimate of drug-likeness (QED) is 0.349. The van der Waals surface area contributed by atoms with Crippen LogP contribution >= 0.6 is 0 Å². The molecule has 0 atom stereocenters. The van der Waals surface area contributed by atoms with Gasteiger partial charge in [-0.1, -0.05) is 6.58 Å². The zero-order valence-electron chi connectivity index (χ0n) is 8.69. The van der Waals surface area contributed by atoms with Gasteiger partial charge in [-0.05, 0) is 25.1 Å². The van der Waals surface area contributed by atoms with Gasteiger partial charge in [0.2, 0.25) is 0 Å². The molecule has 0 spiro atoms. The smallest absolute Gasteiger partial charge is 0.339 e. The van der Waals surface area contributed by atoms with Crippen molar-refractivity contribution in [2.75, 3.05) is 5.73 Å². The van der Waals surface area contributed by atoms with Gasteiger partial charge < -0.3 is 15.6 Å². The van der Waals surface area contributed by atoms with Crippen LogP contribution in [-0.4, -0.2) is 17.0 Å². The lowest BCUT2D eigenvalue weighted by atomic mass is 10.2. The number of esters is 1. The summed E-state index contributed by atoms with van der Waals surface area (Å²) >= 11 is 0. The Labute approximate surface area is 92.1 Å². The number of carbonyl (C=O) groups excluding carboxylic acids is 1. The molecule has 5 nitrogen and oxygen atoms in total. The van der Waals surface area contributed by atoms with Crippen molar-refractivity contribution in [3.8, 4) is 5.75 Å². The summed E-state index contributed by atoms with van der Waals surface area (Å²) in [6.07, 6.45) is 0. The summed E-state index contributed by atoms with van der Waals surface area (Å²) in [5.41, 5.74) is 5.75. The van der Waals surface area contributed by atoms with Crippen molar-refractivity contribution in [3.05, 3.63) is 35.9 Å². The zero-order chi connectivity index (χ0) is 12.3. The SMILES string of the molecule is C=C(C)C(=O)Oc1ccc(N)cc1C(=O)O. The molecule has 1 aromatic rings. The third-order valence-corrected chi connectivity index (χ3v) is 1.79. The summed E-state index contributed by atoms with van der Waals surface area (Å²) < 4.78 is 4.85. The number of carboxylic acids is 1. The molecule has 0 amide bonds. The molecule has 0 saturated carbocycles. The highest BCUT2D eigenvalue weighted by Gasteiger charge is 2.15. The number of carbonyl (C=O) groups is 2. The minimum absolute atomic E-state index is 0.0466. The first-order valence-electron chi connectivity index (χ1n) is 4.42. The highest BCUT2D eigenvalue weighted by atomic mass is 16.5. The number of hydrogen-bond acceptors (Lipinski definition) is 4. The largest absolute Gasteiger partial charge is 0.478 e. The molecule has 0 aliphatic heterocycles. The van der Waals surface area contributed by atoms with Crippen LogP contribution in [0.4, 0.5) is 5.69 Å². The number of rotatable bonds is 3. The molecule has 1 aromatic carbocycles. The van der Waals surface area contributed by atoms with Crippen molar-refractivity contribution in [1.82, 2.24) is 0 Å². The van der Waals surface area contributed by atoms with E-state index in [4.69, 9.17) is 15.6 Å². The van der Waals surface area contributed by atoms with Crippen molar-refractivity contribution in [2.45, 2.75) is 6.92 Å². The highest BCUT2D eigenvalue weighted by Crippen LogP contribution is 2.22. The van der Waals surface area contributed by atoms with Gasteiger partial charge >= 0.3 is 11.9 Å². The Kier molecular flexibility index (Phi) is 3.30. The maximum Gasteiger partial charge on any atom is 0.339 e. The average Bonchev–Trinajstić information content (AvgIpc) is 2.20. The zero-order valence-corrected chi connectivity index (χ0v) is 8.69. The van der Waals surface area contributed by atoms with E-state index in [9.17, 15) is 9.59 Å². The molecule has 84 valence electrons. The van der Waals surface area contributed by atoms with Crippen molar-refractivity contribution in [3.63, 3.8) is 0 Å². The fourth-order valence-corrected chi connectivity index (χ4v) is 0.991. The molecule has 3 N–H and O–H groups in total. The normalized spacial score (nSPS) is 9.56. The van der Waals surface area contributed by atoms with Crippen molar-refractivity contribution in [1.29, 1.82) is 0 Å². The van der Waals surface area contributed by atoms with E-state index in [1.807, 2.05) is 0 Å². The molecular weight excluding hydrogens is 210 g/mol. The van der Waals surface area contributed by atoms with Gasteiger partial charge in [0, 0.05) is 11.3 Å². The number of nitrogen functional groups attached to an aromatic ring is 1. The van der Waals surface area contributed by atoms with E-state index in [0.717, 1.165) is 0 Å². The van der Waals surface area contributed by atoms with Gasteiger partial charge in [0.25, 0.3) is 0 Å². The summed E-state index contributed by atoms with van der Waals surface area (Å²) in [7, 11) is 0. The first-order chi connectivity index (χ1) is 7.41. The number of aromatic carboxylic acids is 1. The number of ether oxygens (including phenoxy) is 1. The molecule has 0 radical (unpaired) electrons. The van der Waals surface area contributed by atoms with Crippen LogP contribution in [-0.2, 0) is 4.79 Å². The summed E-state index contributed by atoms with van der Waals surface area (Å²) in [6.45, 7) is 4.87. The van der Waals surface area contributed by atoms with Gasteiger partial charge in [-0.2, -0.15) is 0 Å². The number of carboxylic acid groups (broad SMARTS) is 1. The Morgan fingerprint density at radius 1 is 1.44 bits per heavy atom. The van der Waals surface area contributed by atoms with Crippen LogP contribution in [0, 0.1) is 0 Å². The number of benzene rings is 1. The molecule has 1 rings (SSSR count). The number of hydrogen-bond donors (Lipinski definition) is 2. The maximum absolute atomic E-state index is 11.2. The van der Waals surface area contributed by atoms with Gasteiger partial charge in [0.05, 0.1) is 0 Å². The lowest BCUT2D eigenvalue weighted by Gasteiger charge is -2.07. The highest BCUT2D eigenvalue weighted by molar-refractivity contribution is 5.95. The molecule has 0 saturated heterocycles. The second-order valence-electron chi connectivity index (χ2n) is 3.23. The van der Waals surface area contributed by atoms with Crippen LogP contribution in [0.3, 0.4) is 0 Å². The van der Waals surface area contributed by atoms with E-state index in [2.05, 4.69) is 6.58 Å². The van der Waals surface area contributed by atoms with Gasteiger partial charge in [-0.3, -0.25) is 0 Å². The molecular formula is C11H11NO4. The molecule has 5 heteroatoms. The molecule has 0 unspecified atom stereocenters. The van der Waals surface area contributed by atoms with Gasteiger partial charge in [0.15, 0.2) is 0 Å². The Balaban J connectivity index is 3.09. The summed E-state index contributed by atoms with van der Waals surface area (Å²) in [4.78, 5) is 22.1. The average molecular weight is 221 g/mol. The molecule has 0 aliphatic rings. The molecule has 0 heterocycles. The molecule has 0 aromatic heterocycles. The first kappa shape index (κ1) is 11.8. The second kappa shape index (κ2) is 4.48. The molecule has 0 aliphatic carbocycles. The van der Waals surface area contributed by atoms with Crippen molar-refractivity contribution in [2.24, 2.45) is 0 Å². The Hall–Kier alpha value is -2.30. The minimum Gasteiger partial charge on any atom is -0.478 e. The van der Waals surface area contributed by atoms with Crippen LogP contribution in [0.2, 0.25) is 0 Å². The lowest BCUT2D eigenvalue weighted by Crippen LogP contribution is -2.11. The minimum atomic E-state index is -1.21. The van der Waals surface area contributed by atoms with Crippen LogP contribution in [0.1, 0.15) is 17.3 Å². The van der Waals surface area contributed by atoms with Crippen LogP contribution in [0.5, 0.6) is 5.75 Å². The number of nitrogens with two attached hydrogens (primary N) is 1. The van der Waals surface area contributed by atoms with Crippen LogP contribution in [0.25, 0.3) is 0 Å². The Morgan fingerprint density at radius 3 is 2.56 bits per heavy atom. The fraction of sp³-hybridized carbons (Fsp3) is 0.0909. The van der Waals surface area contributed by atoms with E-state index < -0.39 is 11.9 Å². The lowest BCUT2D eigenvalue weighted by molar-refractivity contribution is -0.130. The topological polar surface area (TPSA) is 89.6 Å². The third kappa shape index (κ3) is 2.60. The Morgan fingerprint density at radius 2 is 2.06 bits per heavy atom. The second-order valence-corrected chi connectivity index (χ2v) is 3.23. The number of anilines is 1. The summed E-state index contributed by atoms with van der Waals surface area (Å²) in [6, 6.07) is 4.01. The van der Waals surface area contributed by atoms with E-state index >= 15 is 0 Å². The van der Waals surface area contributed by atoms with E-state index in [-0.39, 0.29) is 22.6 Å². The van der Waals surface area contributed by atoms with Gasteiger partial charge in [-0.15, -0.1) is 0 Å².